The van der Waals surface area contributed by atoms with Crippen LogP contribution in [0, 0.1) is 12.8 Å². The lowest BCUT2D eigenvalue weighted by Gasteiger charge is -2.15. The average Bonchev–Trinajstić information content (AvgIpc) is 3.40. The molecule has 0 saturated heterocycles. The van der Waals surface area contributed by atoms with Gasteiger partial charge in [-0.2, -0.15) is 5.10 Å². The molecule has 1 N–H and O–H groups in total. The fourth-order valence-corrected chi connectivity index (χ4v) is 5.13. The molecule has 2 fully saturated rings. The van der Waals surface area contributed by atoms with Gasteiger partial charge in [0.2, 0.25) is 0 Å². The number of nitrogens with zero attached hydrogens (tertiary/aromatic N) is 4. The van der Waals surface area contributed by atoms with Crippen LogP contribution < -0.4 is 16.9 Å². The number of aromatic amines is 1. The number of nitrogens with one attached hydrogen (secondary N) is 1. The molecule has 5 rings (SSSR count). The van der Waals surface area contributed by atoms with Gasteiger partial charge in [-0.1, -0.05) is 11.6 Å². The summed E-state index contributed by atoms with van der Waals surface area (Å²) in [5, 5.41) is 4.19. The van der Waals surface area contributed by atoms with Crippen LogP contribution in [-0.4, -0.2) is 29.8 Å². The van der Waals surface area contributed by atoms with Crippen molar-refractivity contribution in [3.8, 4) is 0 Å². The number of hydrogen-bond acceptors (Lipinski definition) is 5. The molecule has 0 aliphatic heterocycles. The maximum absolute atomic E-state index is 13.6. The van der Waals surface area contributed by atoms with Gasteiger partial charge in [0.15, 0.2) is 0 Å². The Bertz CT molecular complexity index is 1330. The first-order valence-corrected chi connectivity index (χ1v) is 10.3. The summed E-state index contributed by atoms with van der Waals surface area (Å²) in [5.41, 5.74) is -1.00. The van der Waals surface area contributed by atoms with Crippen molar-refractivity contribution in [3.05, 3.63) is 48.1 Å². The van der Waals surface area contributed by atoms with E-state index in [1.165, 1.54) is 15.6 Å². The van der Waals surface area contributed by atoms with Crippen LogP contribution in [0.5, 0.6) is 0 Å². The van der Waals surface area contributed by atoms with Gasteiger partial charge in [0.25, 0.3) is 11.5 Å². The Balaban J connectivity index is 1.74. The highest BCUT2D eigenvalue weighted by Crippen LogP contribution is 2.50. The number of halogens is 3. The maximum Gasteiger partial charge on any atom is 0.343 e. The van der Waals surface area contributed by atoms with E-state index >= 15 is 0 Å². The third-order valence-electron chi connectivity index (χ3n) is 5.65. The molecule has 8 nitrogen and oxygen atoms in total. The van der Waals surface area contributed by atoms with E-state index in [0.717, 1.165) is 15.9 Å². The van der Waals surface area contributed by atoms with Gasteiger partial charge >= 0.3 is 11.4 Å². The number of H-pyrrole nitrogens is 1. The lowest BCUT2D eigenvalue weighted by Crippen LogP contribution is -2.44. The van der Waals surface area contributed by atoms with Crippen LogP contribution in [0.4, 0.5) is 8.78 Å². The highest BCUT2D eigenvalue weighted by molar-refractivity contribution is 7.18. The maximum atomic E-state index is 13.6. The van der Waals surface area contributed by atoms with Crippen LogP contribution >= 0.6 is 22.9 Å². The van der Waals surface area contributed by atoms with Crippen molar-refractivity contribution < 1.29 is 8.78 Å². The van der Waals surface area contributed by atoms with E-state index in [0.29, 0.717) is 28.1 Å². The summed E-state index contributed by atoms with van der Waals surface area (Å²) < 4.78 is 30.6. The predicted octanol–water partition coefficient (Wildman–Crippen LogP) is 1.81. The summed E-state index contributed by atoms with van der Waals surface area (Å²) in [6.07, 6.45) is 1.90. The molecule has 2 aliphatic rings. The van der Waals surface area contributed by atoms with Gasteiger partial charge < -0.3 is 0 Å². The van der Waals surface area contributed by atoms with Crippen molar-refractivity contribution in [1.82, 2.24) is 23.9 Å². The summed E-state index contributed by atoms with van der Waals surface area (Å²) in [6.45, 7) is 1.63. The third-order valence-corrected chi connectivity index (χ3v) is 7.49. The van der Waals surface area contributed by atoms with Crippen LogP contribution in [-0.2, 0) is 18.1 Å². The Morgan fingerprint density at radius 2 is 2.03 bits per heavy atom. The monoisotopic (exact) mass is 443 g/mol. The zero-order chi connectivity index (χ0) is 20.7. The van der Waals surface area contributed by atoms with Gasteiger partial charge in [-0.3, -0.25) is 14.3 Å². The third kappa shape index (κ3) is 2.82. The minimum atomic E-state index is -2.80. The molecular formula is C17H16ClF2N5O3S. The van der Waals surface area contributed by atoms with Crippen LogP contribution in [0.25, 0.3) is 10.2 Å². The van der Waals surface area contributed by atoms with Crippen molar-refractivity contribution in [2.24, 2.45) is 5.92 Å². The average molecular weight is 444 g/mol. The van der Waals surface area contributed by atoms with Crippen LogP contribution in [0.15, 0.2) is 20.7 Å². The number of aromatic nitrogens is 5. The van der Waals surface area contributed by atoms with Crippen molar-refractivity contribution in [1.29, 1.82) is 0 Å². The SMILES string of the molecule is Cc1c(Cn2nc[nH]c2=O)sc2c1c(=O)n(C1(Cl)CC1)c(=O)n2CC1CC1(F)F. The van der Waals surface area contributed by atoms with E-state index in [1.54, 1.807) is 6.92 Å². The molecule has 2 saturated carbocycles. The molecule has 0 amide bonds. The summed E-state index contributed by atoms with van der Waals surface area (Å²) >= 11 is 7.54. The Morgan fingerprint density at radius 3 is 2.59 bits per heavy atom. The van der Waals surface area contributed by atoms with Crippen molar-refractivity contribution in [2.75, 3.05) is 0 Å². The minimum Gasteiger partial charge on any atom is -0.295 e. The molecule has 0 spiro atoms. The second kappa shape index (κ2) is 5.88. The number of rotatable bonds is 5. The second-order valence-electron chi connectivity index (χ2n) is 7.70. The molecule has 0 radical (unpaired) electrons. The molecular weight excluding hydrogens is 428 g/mol. The quantitative estimate of drug-likeness (QED) is 0.608. The van der Waals surface area contributed by atoms with Gasteiger partial charge in [-0.25, -0.2) is 27.6 Å². The van der Waals surface area contributed by atoms with Gasteiger partial charge in [-0.05, 0) is 25.3 Å². The number of hydrogen-bond donors (Lipinski definition) is 1. The van der Waals surface area contributed by atoms with E-state index in [-0.39, 0.29) is 24.9 Å². The number of thiophene rings is 1. The van der Waals surface area contributed by atoms with Crippen LogP contribution in [0.2, 0.25) is 0 Å². The first-order valence-electron chi connectivity index (χ1n) is 9.08. The fraction of sp³-hybridized carbons (Fsp3) is 0.529. The van der Waals surface area contributed by atoms with Crippen LogP contribution in [0.1, 0.15) is 29.7 Å². The lowest BCUT2D eigenvalue weighted by molar-refractivity contribution is 0.0950. The number of aryl methyl sites for hydroxylation is 1. The smallest absolute Gasteiger partial charge is 0.295 e. The molecule has 3 aromatic rings. The molecule has 1 atom stereocenters. The van der Waals surface area contributed by atoms with E-state index in [4.69, 9.17) is 11.6 Å². The first-order chi connectivity index (χ1) is 13.6. The van der Waals surface area contributed by atoms with Gasteiger partial charge in [0, 0.05) is 23.8 Å². The van der Waals surface area contributed by atoms with E-state index in [9.17, 15) is 23.2 Å². The van der Waals surface area contributed by atoms with Gasteiger partial charge in [0.1, 0.15) is 16.2 Å². The number of fused-ring (bicyclic) bond motifs is 1. The normalized spacial score (nSPS) is 21.6. The first kappa shape index (κ1) is 18.7. The zero-order valence-electron chi connectivity index (χ0n) is 15.2. The standard InChI is InChI=1S/C17H16ClF2N5O3S/c1-8-10(6-24-14(27)21-7-22-24)29-13-11(8)12(26)25(16(18)2-3-16)15(28)23(13)5-9-4-17(9,19)20/h7,9H,2-6H2,1H3,(H,21,22,27). The summed E-state index contributed by atoms with van der Waals surface area (Å²) in [7, 11) is 0. The van der Waals surface area contributed by atoms with E-state index in [2.05, 4.69) is 10.1 Å². The Kier molecular flexibility index (Phi) is 3.80. The minimum absolute atomic E-state index is 0.104. The van der Waals surface area contributed by atoms with Gasteiger partial charge in [0.05, 0.1) is 11.9 Å². The van der Waals surface area contributed by atoms with Crippen molar-refractivity contribution in [2.45, 2.75) is 50.2 Å². The largest absolute Gasteiger partial charge is 0.343 e. The topological polar surface area (TPSA) is 94.7 Å². The Morgan fingerprint density at radius 1 is 1.34 bits per heavy atom. The molecule has 154 valence electrons. The second-order valence-corrected chi connectivity index (χ2v) is 9.48. The Labute approximate surface area is 170 Å². The predicted molar refractivity (Wildman–Crippen MR) is 103 cm³/mol. The molecule has 2 aliphatic carbocycles. The molecule has 12 heteroatoms. The molecule has 3 heterocycles. The zero-order valence-corrected chi connectivity index (χ0v) is 16.8. The van der Waals surface area contributed by atoms with Crippen molar-refractivity contribution >= 4 is 33.2 Å². The molecule has 0 bridgehead atoms. The summed E-state index contributed by atoms with van der Waals surface area (Å²) in [5.74, 6) is -3.75. The van der Waals surface area contributed by atoms with Crippen molar-refractivity contribution in [3.63, 3.8) is 0 Å². The highest BCUT2D eigenvalue weighted by atomic mass is 35.5. The molecule has 1 unspecified atom stereocenters. The van der Waals surface area contributed by atoms with Gasteiger partial charge in [-0.15, -0.1) is 11.3 Å². The molecule has 29 heavy (non-hydrogen) atoms. The van der Waals surface area contributed by atoms with Crippen LogP contribution in [0.3, 0.4) is 0 Å². The molecule has 0 aromatic carbocycles. The Hall–Kier alpha value is -2.27. The van der Waals surface area contributed by atoms with E-state index < -0.39 is 33.8 Å². The highest BCUT2D eigenvalue weighted by Gasteiger charge is 2.57. The summed E-state index contributed by atoms with van der Waals surface area (Å²) in [6, 6.07) is 0. The lowest BCUT2D eigenvalue weighted by atomic mass is 10.2. The van der Waals surface area contributed by atoms with E-state index in [1.807, 2.05) is 0 Å². The molecule has 3 aromatic heterocycles. The fourth-order valence-electron chi connectivity index (χ4n) is 3.60. The summed E-state index contributed by atoms with van der Waals surface area (Å²) in [4.78, 5) is 40.3. The number of alkyl halides is 3.